The summed E-state index contributed by atoms with van der Waals surface area (Å²) >= 11 is 0. The first-order chi connectivity index (χ1) is 15.6. The highest BCUT2D eigenvalue weighted by molar-refractivity contribution is 6.15. The van der Waals surface area contributed by atoms with Gasteiger partial charge in [0.15, 0.2) is 11.5 Å². The van der Waals surface area contributed by atoms with Crippen molar-refractivity contribution in [2.24, 2.45) is 4.99 Å². The highest BCUT2D eigenvalue weighted by Gasteiger charge is 2.32. The average molecular weight is 423 g/mol. The minimum absolute atomic E-state index is 0.341. The maximum atomic E-state index is 14.8. The Morgan fingerprint density at radius 2 is 2.00 bits per heavy atom. The number of hydrogen-bond donors (Lipinski definition) is 0. The summed E-state index contributed by atoms with van der Waals surface area (Å²) in [4.78, 5) is 14.1. The second kappa shape index (κ2) is 6.99. The molecule has 1 saturated carbocycles. The molecule has 1 aliphatic heterocycles. The Bertz CT molecular complexity index is 1440. The molecule has 0 N–H and O–H groups in total. The molecule has 1 fully saturated rings. The number of nitrogens with zero attached hydrogens (tertiary/aromatic N) is 5. The summed E-state index contributed by atoms with van der Waals surface area (Å²) in [6.45, 7) is 1.95. The molecule has 6 nitrogen and oxygen atoms in total. The summed E-state index contributed by atoms with van der Waals surface area (Å²) in [5.41, 5.74) is 4.59. The Hall–Kier alpha value is -4.05. The summed E-state index contributed by atoms with van der Waals surface area (Å²) in [5, 5.41) is 4.13. The fourth-order valence-corrected chi connectivity index (χ4v) is 4.17. The molecule has 4 aromatic rings. The first-order valence-electron chi connectivity index (χ1n) is 10.5. The van der Waals surface area contributed by atoms with Crippen molar-refractivity contribution in [3.8, 4) is 29.6 Å². The predicted octanol–water partition coefficient (Wildman–Crippen LogP) is 4.83. The van der Waals surface area contributed by atoms with Crippen molar-refractivity contribution >= 4 is 5.71 Å². The van der Waals surface area contributed by atoms with Gasteiger partial charge >= 0.3 is 0 Å². The van der Waals surface area contributed by atoms with Crippen LogP contribution in [-0.4, -0.2) is 25.4 Å². The zero-order valence-corrected chi connectivity index (χ0v) is 17.3. The van der Waals surface area contributed by atoms with Crippen LogP contribution in [0.2, 0.25) is 0 Å². The number of aromatic nitrogens is 4. The van der Waals surface area contributed by atoms with Gasteiger partial charge in [-0.1, -0.05) is 23.2 Å². The molecule has 2 aromatic carbocycles. The molecule has 0 unspecified atom stereocenters. The molecule has 0 radical (unpaired) electrons. The van der Waals surface area contributed by atoms with Gasteiger partial charge in [-0.05, 0) is 50.1 Å². The van der Waals surface area contributed by atoms with Crippen LogP contribution in [0.25, 0.3) is 17.3 Å². The standard InChI is InChI=1S/C25H18FN5O/c1-3-15-8-11-20-18(12-15)21(17-6-4-5-7-19(17)26)28-14(2)23-22(27-13-31(20)23)25-29-24(30-32-25)16-9-10-16/h1,4-8,11-14,16H,9-10H2,2H3/t14-/m1/s1. The second-order valence-electron chi connectivity index (χ2n) is 8.09. The van der Waals surface area contributed by atoms with E-state index in [0.29, 0.717) is 34.3 Å². The molecule has 0 spiro atoms. The maximum Gasteiger partial charge on any atom is 0.278 e. The van der Waals surface area contributed by atoms with Crippen LogP contribution < -0.4 is 0 Å². The minimum atomic E-state index is -0.347. The summed E-state index contributed by atoms with van der Waals surface area (Å²) in [7, 11) is 0. The monoisotopic (exact) mass is 423 g/mol. The zero-order valence-electron chi connectivity index (χ0n) is 17.3. The Balaban J connectivity index is 1.58. The van der Waals surface area contributed by atoms with Gasteiger partial charge in [0.25, 0.3) is 5.89 Å². The lowest BCUT2D eigenvalue weighted by atomic mass is 9.98. The third-order valence-electron chi connectivity index (χ3n) is 5.92. The molecule has 2 aromatic heterocycles. The van der Waals surface area contributed by atoms with Crippen molar-refractivity contribution in [2.45, 2.75) is 31.7 Å². The van der Waals surface area contributed by atoms with Crippen LogP contribution >= 0.6 is 0 Å². The van der Waals surface area contributed by atoms with Gasteiger partial charge in [-0.3, -0.25) is 9.56 Å². The van der Waals surface area contributed by atoms with Crippen LogP contribution in [0, 0.1) is 18.2 Å². The molecule has 0 saturated heterocycles. The lowest BCUT2D eigenvalue weighted by Gasteiger charge is -2.12. The van der Waals surface area contributed by atoms with Gasteiger partial charge in [0.2, 0.25) is 0 Å². The lowest BCUT2D eigenvalue weighted by molar-refractivity contribution is 0.421. The molecule has 0 amide bonds. The molecule has 6 rings (SSSR count). The van der Waals surface area contributed by atoms with E-state index in [1.165, 1.54) is 6.07 Å². The molecular formula is C25H18FN5O. The van der Waals surface area contributed by atoms with Crippen molar-refractivity contribution in [1.29, 1.82) is 0 Å². The van der Waals surface area contributed by atoms with Crippen molar-refractivity contribution in [3.63, 3.8) is 0 Å². The van der Waals surface area contributed by atoms with Crippen LogP contribution in [0.4, 0.5) is 4.39 Å². The van der Waals surface area contributed by atoms with Crippen LogP contribution in [0.3, 0.4) is 0 Å². The van der Waals surface area contributed by atoms with E-state index in [1.54, 1.807) is 24.5 Å². The molecule has 0 bridgehead atoms. The van der Waals surface area contributed by atoms with Gasteiger partial charge in [0.05, 0.1) is 23.1 Å². The fourth-order valence-electron chi connectivity index (χ4n) is 4.17. The SMILES string of the molecule is C#Cc1ccc2c(c1)C(c1ccccc1F)=N[C@H](C)c1c(-c3nc(C4CC4)no3)ncn1-2. The van der Waals surface area contributed by atoms with E-state index in [9.17, 15) is 4.39 Å². The number of terminal acetylenes is 1. The number of rotatable bonds is 3. The third-order valence-corrected chi connectivity index (χ3v) is 5.92. The molecule has 156 valence electrons. The van der Waals surface area contributed by atoms with Crippen LogP contribution in [0.15, 0.2) is 58.3 Å². The fraction of sp³-hybridized carbons (Fsp3) is 0.200. The topological polar surface area (TPSA) is 69.1 Å². The van der Waals surface area contributed by atoms with Crippen molar-refractivity contribution in [2.75, 3.05) is 0 Å². The number of benzene rings is 2. The first-order valence-corrected chi connectivity index (χ1v) is 10.5. The van der Waals surface area contributed by atoms with Crippen molar-refractivity contribution in [1.82, 2.24) is 19.7 Å². The zero-order chi connectivity index (χ0) is 21.8. The Kier molecular flexibility index (Phi) is 4.08. The molecule has 1 atom stereocenters. The lowest BCUT2D eigenvalue weighted by Crippen LogP contribution is -2.09. The molecule has 7 heteroatoms. The van der Waals surface area contributed by atoms with Crippen molar-refractivity contribution < 1.29 is 8.91 Å². The predicted molar refractivity (Wildman–Crippen MR) is 117 cm³/mol. The minimum Gasteiger partial charge on any atom is -0.332 e. The Labute approximate surface area is 183 Å². The molecule has 3 heterocycles. The summed E-state index contributed by atoms with van der Waals surface area (Å²) in [6.07, 6.45) is 9.54. The van der Waals surface area contributed by atoms with Gasteiger partial charge in [0, 0.05) is 22.6 Å². The highest BCUT2D eigenvalue weighted by Crippen LogP contribution is 2.40. The maximum absolute atomic E-state index is 14.8. The van der Waals surface area contributed by atoms with Crippen LogP contribution in [-0.2, 0) is 0 Å². The van der Waals surface area contributed by atoms with E-state index in [4.69, 9.17) is 15.9 Å². The Morgan fingerprint density at radius 1 is 1.16 bits per heavy atom. The summed E-state index contributed by atoms with van der Waals surface area (Å²) in [6, 6.07) is 11.9. The molecular weight excluding hydrogens is 405 g/mol. The van der Waals surface area contributed by atoms with E-state index in [1.807, 2.05) is 29.7 Å². The van der Waals surface area contributed by atoms with Gasteiger partial charge < -0.3 is 4.52 Å². The normalized spacial score (nSPS) is 17.2. The van der Waals surface area contributed by atoms with Gasteiger partial charge in [-0.25, -0.2) is 9.37 Å². The number of hydrogen-bond acceptors (Lipinski definition) is 5. The number of halogens is 1. The van der Waals surface area contributed by atoms with Gasteiger partial charge in [0.1, 0.15) is 12.1 Å². The van der Waals surface area contributed by atoms with Gasteiger partial charge in [-0.2, -0.15) is 4.98 Å². The van der Waals surface area contributed by atoms with Crippen LogP contribution in [0.1, 0.15) is 59.9 Å². The van der Waals surface area contributed by atoms with Crippen molar-refractivity contribution in [3.05, 3.63) is 82.8 Å². The largest absolute Gasteiger partial charge is 0.332 e. The Morgan fingerprint density at radius 3 is 2.78 bits per heavy atom. The van der Waals surface area contributed by atoms with Gasteiger partial charge in [-0.15, -0.1) is 6.42 Å². The van der Waals surface area contributed by atoms with E-state index in [0.717, 1.165) is 35.6 Å². The number of fused-ring (bicyclic) bond motifs is 3. The number of imidazole rings is 1. The van der Waals surface area contributed by atoms with E-state index >= 15 is 0 Å². The molecule has 32 heavy (non-hydrogen) atoms. The highest BCUT2D eigenvalue weighted by atomic mass is 19.1. The summed E-state index contributed by atoms with van der Waals surface area (Å²) in [5.74, 6) is 3.79. The van der Waals surface area contributed by atoms with Crippen LogP contribution in [0.5, 0.6) is 0 Å². The van der Waals surface area contributed by atoms with E-state index in [2.05, 4.69) is 21.0 Å². The average Bonchev–Trinajstić information content (AvgIpc) is 3.40. The summed E-state index contributed by atoms with van der Waals surface area (Å²) < 4.78 is 22.3. The quantitative estimate of drug-likeness (QED) is 0.443. The second-order valence-corrected chi connectivity index (χ2v) is 8.09. The first kappa shape index (κ1) is 18.7. The van der Waals surface area contributed by atoms with E-state index in [-0.39, 0.29) is 11.9 Å². The molecule has 2 aliphatic rings. The third kappa shape index (κ3) is 2.88. The molecule has 1 aliphatic carbocycles. The number of aliphatic imine (C=N–C) groups is 1. The van der Waals surface area contributed by atoms with E-state index < -0.39 is 0 Å². The smallest absolute Gasteiger partial charge is 0.278 e.